The van der Waals surface area contributed by atoms with Crippen LogP contribution in [-0.2, 0) is 0 Å². The molecule has 0 aromatic rings. The van der Waals surface area contributed by atoms with Crippen LogP contribution < -0.4 is 5.32 Å². The predicted octanol–water partition coefficient (Wildman–Crippen LogP) is 2.17. The molecule has 2 atom stereocenters. The quantitative estimate of drug-likeness (QED) is 0.709. The second-order valence-electron chi connectivity index (χ2n) is 3.72. The summed E-state index contributed by atoms with van der Waals surface area (Å²) < 4.78 is 0. The van der Waals surface area contributed by atoms with E-state index in [2.05, 4.69) is 19.3 Å². The van der Waals surface area contributed by atoms with E-state index < -0.39 is 0 Å². The van der Waals surface area contributed by atoms with E-state index in [9.17, 15) is 0 Å². The SMILES string of the molecule is CCC1CCCC1NC.CCCO. The molecule has 0 spiro atoms. The van der Waals surface area contributed by atoms with Crippen LogP contribution in [0.3, 0.4) is 0 Å². The number of hydrogen-bond acceptors (Lipinski definition) is 2. The monoisotopic (exact) mass is 187 g/mol. The molecule has 0 saturated heterocycles. The van der Waals surface area contributed by atoms with Gasteiger partial charge in [0, 0.05) is 12.6 Å². The Balaban J connectivity index is 0.000000310. The van der Waals surface area contributed by atoms with Gasteiger partial charge >= 0.3 is 0 Å². The second-order valence-corrected chi connectivity index (χ2v) is 3.72. The van der Waals surface area contributed by atoms with Gasteiger partial charge in [-0.3, -0.25) is 0 Å². The third-order valence-corrected chi connectivity index (χ3v) is 2.78. The van der Waals surface area contributed by atoms with Crippen molar-refractivity contribution in [2.24, 2.45) is 5.92 Å². The highest BCUT2D eigenvalue weighted by atomic mass is 16.2. The molecule has 0 amide bonds. The van der Waals surface area contributed by atoms with Crippen LogP contribution in [0, 0.1) is 5.92 Å². The van der Waals surface area contributed by atoms with E-state index in [4.69, 9.17) is 5.11 Å². The molecule has 1 aliphatic carbocycles. The summed E-state index contributed by atoms with van der Waals surface area (Å²) >= 11 is 0. The lowest BCUT2D eigenvalue weighted by Crippen LogP contribution is -2.28. The van der Waals surface area contributed by atoms with Crippen molar-refractivity contribution in [3.63, 3.8) is 0 Å². The Labute approximate surface area is 82.7 Å². The molecular formula is C11H25NO. The largest absolute Gasteiger partial charge is 0.396 e. The van der Waals surface area contributed by atoms with Crippen molar-refractivity contribution in [2.75, 3.05) is 13.7 Å². The molecule has 2 heteroatoms. The highest BCUT2D eigenvalue weighted by Crippen LogP contribution is 2.27. The maximum absolute atomic E-state index is 7.88. The molecule has 2 nitrogen and oxygen atoms in total. The maximum Gasteiger partial charge on any atom is 0.0428 e. The molecule has 1 rings (SSSR count). The second kappa shape index (κ2) is 8.52. The fraction of sp³-hybridized carbons (Fsp3) is 1.00. The molecule has 2 unspecified atom stereocenters. The van der Waals surface area contributed by atoms with Crippen LogP contribution in [0.5, 0.6) is 0 Å². The van der Waals surface area contributed by atoms with Gasteiger partial charge in [-0.2, -0.15) is 0 Å². The van der Waals surface area contributed by atoms with Crippen molar-refractivity contribution < 1.29 is 5.11 Å². The average Bonchev–Trinajstić information content (AvgIpc) is 2.65. The van der Waals surface area contributed by atoms with Crippen molar-refractivity contribution >= 4 is 0 Å². The summed E-state index contributed by atoms with van der Waals surface area (Å²) in [6, 6.07) is 0.829. The van der Waals surface area contributed by atoms with Crippen molar-refractivity contribution in [3.05, 3.63) is 0 Å². The van der Waals surface area contributed by atoms with E-state index in [0.717, 1.165) is 18.4 Å². The molecule has 2 N–H and O–H groups in total. The zero-order valence-electron chi connectivity index (χ0n) is 9.34. The summed E-state index contributed by atoms with van der Waals surface area (Å²) in [5.41, 5.74) is 0. The molecule has 13 heavy (non-hydrogen) atoms. The van der Waals surface area contributed by atoms with Gasteiger partial charge in [0.2, 0.25) is 0 Å². The van der Waals surface area contributed by atoms with E-state index in [1.54, 1.807) is 0 Å². The van der Waals surface area contributed by atoms with Gasteiger partial charge in [0.05, 0.1) is 0 Å². The first-order valence-electron chi connectivity index (χ1n) is 5.58. The lowest BCUT2D eigenvalue weighted by molar-refractivity contribution is 0.295. The summed E-state index contributed by atoms with van der Waals surface area (Å²) in [6.45, 7) is 4.54. The van der Waals surface area contributed by atoms with Crippen molar-refractivity contribution in [1.82, 2.24) is 5.32 Å². The van der Waals surface area contributed by atoms with Gasteiger partial charge < -0.3 is 10.4 Å². The fourth-order valence-electron chi connectivity index (χ4n) is 1.91. The van der Waals surface area contributed by atoms with Crippen LogP contribution in [-0.4, -0.2) is 24.8 Å². The predicted molar refractivity (Wildman–Crippen MR) is 57.9 cm³/mol. The zero-order valence-corrected chi connectivity index (χ0v) is 9.34. The smallest absolute Gasteiger partial charge is 0.0428 e. The maximum atomic E-state index is 7.88. The molecule has 0 aromatic heterocycles. The van der Waals surface area contributed by atoms with Crippen LogP contribution in [0.1, 0.15) is 46.0 Å². The van der Waals surface area contributed by atoms with Gasteiger partial charge in [0.15, 0.2) is 0 Å². The Hall–Kier alpha value is -0.0800. The summed E-state index contributed by atoms with van der Waals surface area (Å²) in [5, 5.41) is 11.2. The van der Waals surface area contributed by atoms with Gasteiger partial charge in [-0.15, -0.1) is 0 Å². The zero-order chi connectivity index (χ0) is 10.1. The molecular weight excluding hydrogens is 162 g/mol. The highest BCUT2D eigenvalue weighted by molar-refractivity contribution is 4.80. The molecule has 1 fully saturated rings. The first-order chi connectivity index (χ1) is 6.29. The molecule has 80 valence electrons. The summed E-state index contributed by atoms with van der Waals surface area (Å²) in [5.74, 6) is 0.968. The van der Waals surface area contributed by atoms with Crippen LogP contribution in [0.15, 0.2) is 0 Å². The number of nitrogens with one attached hydrogen (secondary N) is 1. The first kappa shape index (κ1) is 12.9. The van der Waals surface area contributed by atoms with Gasteiger partial charge in [-0.25, -0.2) is 0 Å². The van der Waals surface area contributed by atoms with E-state index in [0.29, 0.717) is 6.61 Å². The summed E-state index contributed by atoms with van der Waals surface area (Å²) in [4.78, 5) is 0. The van der Waals surface area contributed by atoms with Crippen LogP contribution >= 0.6 is 0 Å². The Morgan fingerprint density at radius 1 is 1.31 bits per heavy atom. The Bertz CT molecular complexity index is 94.3. The third kappa shape index (κ3) is 5.27. The lowest BCUT2D eigenvalue weighted by atomic mass is 10.0. The highest BCUT2D eigenvalue weighted by Gasteiger charge is 2.23. The molecule has 0 bridgehead atoms. The molecule has 1 aliphatic rings. The Morgan fingerprint density at radius 3 is 2.23 bits per heavy atom. The van der Waals surface area contributed by atoms with Crippen LogP contribution in [0.25, 0.3) is 0 Å². The number of rotatable bonds is 3. The summed E-state index contributed by atoms with van der Waals surface area (Å²) in [6.07, 6.45) is 6.51. The van der Waals surface area contributed by atoms with Gasteiger partial charge in [0.25, 0.3) is 0 Å². The minimum Gasteiger partial charge on any atom is -0.396 e. The minimum absolute atomic E-state index is 0.319. The van der Waals surface area contributed by atoms with Crippen molar-refractivity contribution in [2.45, 2.75) is 52.0 Å². The Morgan fingerprint density at radius 2 is 1.92 bits per heavy atom. The van der Waals surface area contributed by atoms with Crippen LogP contribution in [0.4, 0.5) is 0 Å². The molecule has 0 aliphatic heterocycles. The first-order valence-corrected chi connectivity index (χ1v) is 5.58. The van der Waals surface area contributed by atoms with Gasteiger partial charge in [-0.05, 0) is 32.2 Å². The molecule has 0 heterocycles. The number of aliphatic hydroxyl groups is 1. The van der Waals surface area contributed by atoms with Crippen LogP contribution in [0.2, 0.25) is 0 Å². The lowest BCUT2D eigenvalue weighted by Gasteiger charge is -2.15. The third-order valence-electron chi connectivity index (χ3n) is 2.78. The Kier molecular flexibility index (Phi) is 8.46. The van der Waals surface area contributed by atoms with E-state index in [1.165, 1.54) is 25.7 Å². The normalized spacial score (nSPS) is 26.8. The molecule has 0 radical (unpaired) electrons. The van der Waals surface area contributed by atoms with E-state index in [1.807, 2.05) is 6.92 Å². The molecule has 1 saturated carbocycles. The fourth-order valence-corrected chi connectivity index (χ4v) is 1.91. The standard InChI is InChI=1S/C8H17N.C3H8O/c1-3-7-5-4-6-8(7)9-2;1-2-3-4/h7-9H,3-6H2,1-2H3;4H,2-3H2,1H3. The van der Waals surface area contributed by atoms with E-state index >= 15 is 0 Å². The number of hydrogen-bond donors (Lipinski definition) is 2. The van der Waals surface area contributed by atoms with Gasteiger partial charge in [0.1, 0.15) is 0 Å². The summed E-state index contributed by atoms with van der Waals surface area (Å²) in [7, 11) is 2.08. The topological polar surface area (TPSA) is 32.3 Å². The van der Waals surface area contributed by atoms with Crippen molar-refractivity contribution in [1.29, 1.82) is 0 Å². The average molecular weight is 187 g/mol. The van der Waals surface area contributed by atoms with Crippen molar-refractivity contribution in [3.8, 4) is 0 Å². The van der Waals surface area contributed by atoms with E-state index in [-0.39, 0.29) is 0 Å². The number of aliphatic hydroxyl groups excluding tert-OH is 1. The van der Waals surface area contributed by atoms with Gasteiger partial charge in [-0.1, -0.05) is 26.7 Å². The molecule has 0 aromatic carbocycles. The minimum atomic E-state index is 0.319.